The van der Waals surface area contributed by atoms with Gasteiger partial charge in [-0.2, -0.15) is 0 Å². The zero-order valence-electron chi connectivity index (χ0n) is 21.6. The van der Waals surface area contributed by atoms with Gasteiger partial charge in [0.15, 0.2) is 0 Å². The number of carbonyl (C=O) groups excluding carboxylic acids is 1. The number of anilines is 2. The number of rotatable bonds is 9. The predicted molar refractivity (Wildman–Crippen MR) is 146 cm³/mol. The lowest BCUT2D eigenvalue weighted by Gasteiger charge is -2.40. The van der Waals surface area contributed by atoms with E-state index in [4.69, 9.17) is 9.47 Å². The van der Waals surface area contributed by atoms with E-state index >= 15 is 0 Å². The van der Waals surface area contributed by atoms with Gasteiger partial charge in [0.05, 0.1) is 25.8 Å². The van der Waals surface area contributed by atoms with Gasteiger partial charge in [0.2, 0.25) is 0 Å². The second-order valence-corrected chi connectivity index (χ2v) is 9.14. The molecule has 0 unspecified atom stereocenters. The highest BCUT2D eigenvalue weighted by Gasteiger charge is 2.26. The van der Waals surface area contributed by atoms with Gasteiger partial charge in [0.25, 0.3) is 5.91 Å². The highest BCUT2D eigenvalue weighted by molar-refractivity contribution is 5.97. The van der Waals surface area contributed by atoms with Gasteiger partial charge < -0.3 is 24.6 Å². The number of amides is 1. The Kier molecular flexibility index (Phi) is 8.33. The molecule has 3 aromatic carbocycles. The van der Waals surface area contributed by atoms with Crippen LogP contribution in [-0.4, -0.2) is 71.8 Å². The molecule has 3 aromatic rings. The van der Waals surface area contributed by atoms with Crippen molar-refractivity contribution in [3.63, 3.8) is 0 Å². The van der Waals surface area contributed by atoms with Gasteiger partial charge >= 0.3 is 0 Å². The summed E-state index contributed by atoms with van der Waals surface area (Å²) >= 11 is 0. The number of methoxy groups -OCH3 is 2. The summed E-state index contributed by atoms with van der Waals surface area (Å²) in [6.45, 7) is 4.21. The molecule has 0 aromatic heterocycles. The van der Waals surface area contributed by atoms with E-state index in [1.54, 1.807) is 32.4 Å². The van der Waals surface area contributed by atoms with Gasteiger partial charge in [-0.25, -0.2) is 0 Å². The standard InChI is InChI=1S/C29H36N4O3/c1-31(2)23-12-10-22(11-13-23)27(33-18-16-32(17-19-33)24-8-6-5-7-9-24)21-30-29(34)26-15-14-25(35-3)20-28(26)36-4/h5-15,20,27H,16-19,21H2,1-4H3,(H,30,34)/t27-/m1/s1. The Morgan fingerprint density at radius 2 is 1.61 bits per heavy atom. The number of benzene rings is 3. The molecule has 7 nitrogen and oxygen atoms in total. The maximum Gasteiger partial charge on any atom is 0.255 e. The zero-order valence-corrected chi connectivity index (χ0v) is 21.6. The van der Waals surface area contributed by atoms with E-state index in [0.29, 0.717) is 23.6 Å². The molecule has 1 aliphatic rings. The van der Waals surface area contributed by atoms with Gasteiger partial charge in [-0.15, -0.1) is 0 Å². The van der Waals surface area contributed by atoms with E-state index in [2.05, 4.69) is 68.5 Å². The maximum atomic E-state index is 13.2. The minimum Gasteiger partial charge on any atom is -0.497 e. The summed E-state index contributed by atoms with van der Waals surface area (Å²) in [7, 11) is 7.24. The monoisotopic (exact) mass is 488 g/mol. The van der Waals surface area contributed by atoms with Crippen molar-refractivity contribution >= 4 is 17.3 Å². The van der Waals surface area contributed by atoms with Crippen LogP contribution in [0.25, 0.3) is 0 Å². The second-order valence-electron chi connectivity index (χ2n) is 9.14. The topological polar surface area (TPSA) is 57.3 Å². The second kappa shape index (κ2) is 11.8. The summed E-state index contributed by atoms with van der Waals surface area (Å²) in [5.41, 5.74) is 4.09. The smallest absolute Gasteiger partial charge is 0.255 e. The summed E-state index contributed by atoms with van der Waals surface area (Å²) in [5.74, 6) is 0.987. The van der Waals surface area contributed by atoms with Crippen molar-refractivity contribution < 1.29 is 14.3 Å². The molecule has 0 radical (unpaired) electrons. The van der Waals surface area contributed by atoms with E-state index < -0.39 is 0 Å². The molecule has 0 saturated carbocycles. The quantitative estimate of drug-likeness (QED) is 0.490. The Balaban J connectivity index is 1.50. The lowest BCUT2D eigenvalue weighted by molar-refractivity contribution is 0.0927. The Morgan fingerprint density at radius 3 is 2.22 bits per heavy atom. The minimum atomic E-state index is -0.160. The third kappa shape index (κ3) is 5.91. The number of carbonyl (C=O) groups is 1. The fourth-order valence-corrected chi connectivity index (χ4v) is 4.65. The van der Waals surface area contributed by atoms with Crippen LogP contribution in [0.2, 0.25) is 0 Å². The number of nitrogens with one attached hydrogen (secondary N) is 1. The minimum absolute atomic E-state index is 0.0623. The first-order valence-corrected chi connectivity index (χ1v) is 12.3. The normalized spacial score (nSPS) is 14.7. The highest BCUT2D eigenvalue weighted by atomic mass is 16.5. The molecule has 1 saturated heterocycles. The van der Waals surface area contributed by atoms with Crippen LogP contribution < -0.4 is 24.6 Å². The molecule has 7 heteroatoms. The largest absolute Gasteiger partial charge is 0.497 e. The van der Waals surface area contributed by atoms with Crippen molar-refractivity contribution in [3.8, 4) is 11.5 Å². The van der Waals surface area contributed by atoms with Gasteiger partial charge in [-0.05, 0) is 42.0 Å². The van der Waals surface area contributed by atoms with Crippen molar-refractivity contribution in [3.05, 3.63) is 83.9 Å². The summed E-state index contributed by atoms with van der Waals surface area (Å²) in [5, 5.41) is 3.16. The SMILES string of the molecule is COc1ccc(C(=O)NC[C@H](c2ccc(N(C)C)cc2)N2CCN(c3ccccc3)CC2)c(OC)c1. The van der Waals surface area contributed by atoms with Crippen LogP contribution in [-0.2, 0) is 0 Å². The molecule has 1 amide bonds. The Hall–Kier alpha value is -3.71. The lowest BCUT2D eigenvalue weighted by Crippen LogP contribution is -2.50. The zero-order chi connectivity index (χ0) is 25.5. The number of para-hydroxylation sites is 1. The average molecular weight is 489 g/mol. The van der Waals surface area contributed by atoms with Crippen LogP contribution in [0.5, 0.6) is 11.5 Å². The predicted octanol–water partition coefficient (Wildman–Crippen LogP) is 4.06. The summed E-state index contributed by atoms with van der Waals surface area (Å²) < 4.78 is 10.7. The molecule has 1 aliphatic heterocycles. The fraction of sp³-hybridized carbons (Fsp3) is 0.345. The van der Waals surface area contributed by atoms with Crippen LogP contribution in [0.1, 0.15) is 22.0 Å². The molecule has 1 heterocycles. The molecule has 36 heavy (non-hydrogen) atoms. The van der Waals surface area contributed by atoms with Crippen LogP contribution in [0.3, 0.4) is 0 Å². The van der Waals surface area contributed by atoms with E-state index in [-0.39, 0.29) is 11.9 Å². The molecule has 0 bridgehead atoms. The van der Waals surface area contributed by atoms with Crippen LogP contribution in [0, 0.1) is 0 Å². The average Bonchev–Trinajstić information content (AvgIpc) is 2.93. The number of hydrogen-bond donors (Lipinski definition) is 1. The van der Waals surface area contributed by atoms with Gasteiger partial charge in [-0.3, -0.25) is 9.69 Å². The van der Waals surface area contributed by atoms with Crippen molar-refractivity contribution in [1.82, 2.24) is 10.2 Å². The fourth-order valence-electron chi connectivity index (χ4n) is 4.65. The van der Waals surface area contributed by atoms with Gasteiger partial charge in [0.1, 0.15) is 11.5 Å². The number of hydrogen-bond acceptors (Lipinski definition) is 6. The van der Waals surface area contributed by atoms with Crippen LogP contribution >= 0.6 is 0 Å². The Morgan fingerprint density at radius 1 is 0.917 bits per heavy atom. The highest BCUT2D eigenvalue weighted by Crippen LogP contribution is 2.27. The van der Waals surface area contributed by atoms with E-state index in [1.807, 2.05) is 20.2 Å². The van der Waals surface area contributed by atoms with Crippen molar-refractivity contribution in [1.29, 1.82) is 0 Å². The summed E-state index contributed by atoms with van der Waals surface area (Å²) in [4.78, 5) is 20.1. The molecule has 190 valence electrons. The Bertz CT molecular complexity index is 1130. The van der Waals surface area contributed by atoms with Crippen molar-refractivity contribution in [2.24, 2.45) is 0 Å². The lowest BCUT2D eigenvalue weighted by atomic mass is 10.0. The van der Waals surface area contributed by atoms with Crippen molar-refractivity contribution in [2.45, 2.75) is 6.04 Å². The number of nitrogens with zero attached hydrogens (tertiary/aromatic N) is 3. The molecule has 4 rings (SSSR count). The molecular weight excluding hydrogens is 452 g/mol. The maximum absolute atomic E-state index is 13.2. The molecule has 1 fully saturated rings. The third-order valence-electron chi connectivity index (χ3n) is 6.78. The first-order valence-electron chi connectivity index (χ1n) is 12.3. The third-order valence-corrected chi connectivity index (χ3v) is 6.78. The van der Waals surface area contributed by atoms with Gasteiger partial charge in [0, 0.05) is 64.3 Å². The molecule has 0 spiro atoms. The van der Waals surface area contributed by atoms with E-state index in [1.165, 1.54) is 11.3 Å². The van der Waals surface area contributed by atoms with Crippen LogP contribution in [0.4, 0.5) is 11.4 Å². The molecule has 0 aliphatic carbocycles. The molecule has 1 N–H and O–H groups in total. The molecular formula is C29H36N4O3. The summed E-state index contributed by atoms with van der Waals surface area (Å²) in [6.07, 6.45) is 0. The van der Waals surface area contributed by atoms with Crippen LogP contribution in [0.15, 0.2) is 72.8 Å². The van der Waals surface area contributed by atoms with E-state index in [9.17, 15) is 4.79 Å². The van der Waals surface area contributed by atoms with Gasteiger partial charge in [-0.1, -0.05) is 30.3 Å². The Labute approximate surface area is 214 Å². The van der Waals surface area contributed by atoms with Crippen molar-refractivity contribution in [2.75, 3.05) is 70.8 Å². The first kappa shape index (κ1) is 25.4. The molecule has 1 atom stereocenters. The first-order chi connectivity index (χ1) is 17.5. The van der Waals surface area contributed by atoms with E-state index in [0.717, 1.165) is 31.9 Å². The number of ether oxygens (including phenoxy) is 2. The number of piperazine rings is 1. The summed E-state index contributed by atoms with van der Waals surface area (Å²) in [6, 6.07) is 24.5.